The van der Waals surface area contributed by atoms with E-state index in [0.29, 0.717) is 17.1 Å². The molecular formula is C33H24N6O12. The predicted molar refractivity (Wildman–Crippen MR) is 179 cm³/mol. The van der Waals surface area contributed by atoms with Gasteiger partial charge in [0.2, 0.25) is 17.8 Å². The molecule has 0 saturated heterocycles. The third-order valence-corrected chi connectivity index (χ3v) is 6.45. The molecular weight excluding hydrogens is 672 g/mol. The standard InChI is InChI=1S/C33H24N6O12/c40-25(41)22(26(42)43)13-16-1-7-19(8-2-16)34-31-37-32(35-20-9-3-17(4-10-20)14-23(27(44)45)28(46)47)39-33(38-31)36-21-11-5-18(6-12-21)15-24(29(48)49)30(50)51/h1-15H,(H,40,41)(H,42,43)(H,44,45)(H,46,47)(H,48,49)(H,50,51)(H3,34,35,36,37,38,39). The van der Waals surface area contributed by atoms with Gasteiger partial charge in [-0.15, -0.1) is 0 Å². The molecule has 0 unspecified atom stereocenters. The van der Waals surface area contributed by atoms with Gasteiger partial charge >= 0.3 is 35.8 Å². The summed E-state index contributed by atoms with van der Waals surface area (Å²) in [5.41, 5.74) is -0.400. The van der Waals surface area contributed by atoms with E-state index in [0.717, 1.165) is 18.2 Å². The highest BCUT2D eigenvalue weighted by atomic mass is 16.4. The van der Waals surface area contributed by atoms with E-state index in [1.807, 2.05) is 0 Å². The lowest BCUT2D eigenvalue weighted by atomic mass is 10.1. The van der Waals surface area contributed by atoms with Crippen LogP contribution in [0.25, 0.3) is 18.2 Å². The summed E-state index contributed by atoms with van der Waals surface area (Å²) in [4.78, 5) is 80.3. The summed E-state index contributed by atoms with van der Waals surface area (Å²) in [6.45, 7) is 0. The molecule has 4 aromatic rings. The van der Waals surface area contributed by atoms with Crippen LogP contribution in [0.4, 0.5) is 34.9 Å². The van der Waals surface area contributed by atoms with Gasteiger partial charge in [0.15, 0.2) is 0 Å². The van der Waals surface area contributed by atoms with E-state index in [1.54, 1.807) is 0 Å². The molecule has 0 aliphatic carbocycles. The highest BCUT2D eigenvalue weighted by Crippen LogP contribution is 2.23. The number of carbonyl (C=O) groups is 6. The fourth-order valence-electron chi connectivity index (χ4n) is 4.06. The fourth-order valence-corrected chi connectivity index (χ4v) is 4.06. The first kappa shape index (κ1) is 36.0. The zero-order valence-electron chi connectivity index (χ0n) is 25.6. The van der Waals surface area contributed by atoms with E-state index in [4.69, 9.17) is 30.6 Å². The highest BCUT2D eigenvalue weighted by Gasteiger charge is 2.18. The van der Waals surface area contributed by atoms with Crippen LogP contribution in [0.5, 0.6) is 0 Å². The Balaban J connectivity index is 1.64. The van der Waals surface area contributed by atoms with Crippen molar-refractivity contribution in [2.24, 2.45) is 0 Å². The van der Waals surface area contributed by atoms with Crippen molar-refractivity contribution >= 4 is 89.0 Å². The van der Waals surface area contributed by atoms with Crippen LogP contribution in [0.2, 0.25) is 0 Å². The van der Waals surface area contributed by atoms with Gasteiger partial charge in [-0.1, -0.05) is 36.4 Å². The summed E-state index contributed by atoms with van der Waals surface area (Å²) in [7, 11) is 0. The molecule has 18 heteroatoms. The van der Waals surface area contributed by atoms with Gasteiger partial charge in [0, 0.05) is 17.1 Å². The van der Waals surface area contributed by atoms with Crippen LogP contribution in [-0.4, -0.2) is 81.4 Å². The van der Waals surface area contributed by atoms with E-state index in [2.05, 4.69) is 30.9 Å². The number of carboxylic acids is 6. The summed E-state index contributed by atoms with van der Waals surface area (Å²) < 4.78 is 0. The summed E-state index contributed by atoms with van der Waals surface area (Å²) in [5, 5.41) is 63.5. The Morgan fingerprint density at radius 3 is 0.745 bits per heavy atom. The monoisotopic (exact) mass is 696 g/mol. The molecule has 0 radical (unpaired) electrons. The van der Waals surface area contributed by atoms with E-state index in [1.165, 1.54) is 72.8 Å². The van der Waals surface area contributed by atoms with Gasteiger partial charge in [-0.05, 0) is 71.3 Å². The van der Waals surface area contributed by atoms with Crippen molar-refractivity contribution in [3.05, 3.63) is 106 Å². The third kappa shape index (κ3) is 10.0. The molecule has 4 rings (SSSR count). The third-order valence-electron chi connectivity index (χ3n) is 6.45. The van der Waals surface area contributed by atoms with Crippen molar-refractivity contribution < 1.29 is 59.4 Å². The Morgan fingerprint density at radius 1 is 0.373 bits per heavy atom. The smallest absolute Gasteiger partial charge is 0.343 e. The van der Waals surface area contributed by atoms with Crippen LogP contribution in [0.15, 0.2) is 89.5 Å². The molecule has 0 fully saturated rings. The lowest BCUT2D eigenvalue weighted by Crippen LogP contribution is -2.10. The minimum absolute atomic E-state index is 0.00530. The number of rotatable bonds is 15. The topological polar surface area (TPSA) is 299 Å². The van der Waals surface area contributed by atoms with Crippen molar-refractivity contribution in [2.75, 3.05) is 16.0 Å². The molecule has 0 aliphatic heterocycles. The SMILES string of the molecule is O=C(O)C(=Cc1ccc(Nc2nc(Nc3ccc(C=C(C(=O)O)C(=O)O)cc3)nc(Nc3ccc(C=C(C(=O)O)C(=O)O)cc3)n2)cc1)C(=O)O. The number of nitrogens with zero attached hydrogens (tertiary/aromatic N) is 3. The van der Waals surface area contributed by atoms with Crippen LogP contribution in [0.3, 0.4) is 0 Å². The van der Waals surface area contributed by atoms with Gasteiger partial charge in [-0.2, -0.15) is 15.0 Å². The number of nitrogens with one attached hydrogen (secondary N) is 3. The highest BCUT2D eigenvalue weighted by molar-refractivity contribution is 6.17. The zero-order chi connectivity index (χ0) is 37.2. The normalized spacial score (nSPS) is 10.1. The molecule has 18 nitrogen and oxygen atoms in total. The van der Waals surface area contributed by atoms with Gasteiger partial charge in [-0.3, -0.25) is 0 Å². The van der Waals surface area contributed by atoms with Crippen molar-refractivity contribution in [1.82, 2.24) is 15.0 Å². The summed E-state index contributed by atoms with van der Waals surface area (Å²) in [5.74, 6) is -9.67. The molecule has 9 N–H and O–H groups in total. The van der Waals surface area contributed by atoms with Gasteiger partial charge in [-0.25, -0.2) is 28.8 Å². The van der Waals surface area contributed by atoms with Gasteiger partial charge in [0.1, 0.15) is 16.7 Å². The minimum atomic E-state index is -1.61. The van der Waals surface area contributed by atoms with E-state index in [9.17, 15) is 28.8 Å². The molecule has 0 amide bonds. The van der Waals surface area contributed by atoms with Crippen molar-refractivity contribution in [3.8, 4) is 0 Å². The molecule has 0 spiro atoms. The van der Waals surface area contributed by atoms with Crippen LogP contribution in [0, 0.1) is 0 Å². The first-order chi connectivity index (χ1) is 24.2. The average Bonchev–Trinajstić information content (AvgIpc) is 3.06. The molecule has 3 aromatic carbocycles. The molecule has 0 bridgehead atoms. The number of carboxylic acid groups (broad SMARTS) is 6. The average molecular weight is 697 g/mol. The van der Waals surface area contributed by atoms with E-state index < -0.39 is 52.5 Å². The van der Waals surface area contributed by atoms with E-state index in [-0.39, 0.29) is 34.5 Å². The van der Waals surface area contributed by atoms with E-state index >= 15 is 0 Å². The second-order valence-corrected chi connectivity index (χ2v) is 10.1. The van der Waals surface area contributed by atoms with Crippen molar-refractivity contribution in [1.29, 1.82) is 0 Å². The minimum Gasteiger partial charge on any atom is -0.477 e. The number of benzene rings is 3. The zero-order valence-corrected chi connectivity index (χ0v) is 25.6. The largest absolute Gasteiger partial charge is 0.477 e. The second-order valence-electron chi connectivity index (χ2n) is 10.1. The first-order valence-corrected chi connectivity index (χ1v) is 14.1. The predicted octanol–water partition coefficient (Wildman–Crippen LogP) is 3.76. The van der Waals surface area contributed by atoms with Gasteiger partial charge < -0.3 is 46.6 Å². The van der Waals surface area contributed by atoms with Crippen molar-refractivity contribution in [2.45, 2.75) is 0 Å². The molecule has 258 valence electrons. The lowest BCUT2D eigenvalue weighted by Gasteiger charge is -2.12. The molecule has 0 saturated carbocycles. The summed E-state index contributed by atoms with van der Waals surface area (Å²) in [6, 6.07) is 17.8. The maximum absolute atomic E-state index is 11.2. The van der Waals surface area contributed by atoms with Crippen LogP contribution in [0.1, 0.15) is 16.7 Å². The Morgan fingerprint density at radius 2 is 0.569 bits per heavy atom. The Kier molecular flexibility index (Phi) is 11.1. The number of anilines is 6. The molecule has 1 aromatic heterocycles. The number of hydrogen-bond acceptors (Lipinski definition) is 12. The molecule has 51 heavy (non-hydrogen) atoms. The Bertz CT molecular complexity index is 1820. The van der Waals surface area contributed by atoms with Crippen LogP contribution in [-0.2, 0) is 28.8 Å². The molecule has 0 atom stereocenters. The Labute approximate surface area is 285 Å². The van der Waals surface area contributed by atoms with Crippen LogP contribution < -0.4 is 16.0 Å². The first-order valence-electron chi connectivity index (χ1n) is 14.1. The number of aliphatic carboxylic acids is 6. The number of hydrogen-bond donors (Lipinski definition) is 9. The van der Waals surface area contributed by atoms with Gasteiger partial charge in [0.05, 0.1) is 0 Å². The van der Waals surface area contributed by atoms with Crippen molar-refractivity contribution in [3.63, 3.8) is 0 Å². The molecule has 0 aliphatic rings. The maximum Gasteiger partial charge on any atom is 0.343 e. The quantitative estimate of drug-likeness (QED) is 0.0485. The number of aromatic nitrogens is 3. The lowest BCUT2D eigenvalue weighted by molar-refractivity contribution is -0.142. The molecule has 1 heterocycles. The Hall–Kier alpha value is -7.89. The summed E-state index contributed by atoms with van der Waals surface area (Å²) >= 11 is 0. The second kappa shape index (κ2) is 15.8. The summed E-state index contributed by atoms with van der Waals surface area (Å²) in [6.07, 6.45) is 2.95. The van der Waals surface area contributed by atoms with Gasteiger partial charge in [0.25, 0.3) is 0 Å². The van der Waals surface area contributed by atoms with Crippen LogP contribution >= 0.6 is 0 Å². The fraction of sp³-hybridized carbons (Fsp3) is 0. The maximum atomic E-state index is 11.2.